The third kappa shape index (κ3) is 3.57. The molecule has 2 N–H and O–H groups in total. The van der Waals surface area contributed by atoms with Gasteiger partial charge < -0.3 is 19.7 Å². The molecule has 140 valence electrons. The fourth-order valence-corrected chi connectivity index (χ4v) is 4.26. The topological polar surface area (TPSA) is 58.9 Å². The molecule has 0 amide bonds. The predicted molar refractivity (Wildman–Crippen MR) is 102 cm³/mol. The van der Waals surface area contributed by atoms with E-state index in [1.807, 2.05) is 26.0 Å². The van der Waals surface area contributed by atoms with Gasteiger partial charge >= 0.3 is 0 Å². The van der Waals surface area contributed by atoms with Crippen molar-refractivity contribution in [2.45, 2.75) is 51.4 Å². The van der Waals surface area contributed by atoms with Crippen molar-refractivity contribution in [3.8, 4) is 11.5 Å². The van der Waals surface area contributed by atoms with Crippen LogP contribution in [0.2, 0.25) is 0 Å². The molecule has 1 fully saturated rings. The van der Waals surface area contributed by atoms with Crippen molar-refractivity contribution in [2.24, 2.45) is 0 Å². The molecule has 0 saturated heterocycles. The Kier molecular flexibility index (Phi) is 5.84. The smallest absolute Gasteiger partial charge is 0.186 e. The van der Waals surface area contributed by atoms with Crippen LogP contribution in [0.3, 0.4) is 0 Å². The summed E-state index contributed by atoms with van der Waals surface area (Å²) >= 11 is 0. The third-order valence-corrected chi connectivity index (χ3v) is 5.60. The maximum Gasteiger partial charge on any atom is 0.186 e. The first-order chi connectivity index (χ1) is 12.6. The Hall–Kier alpha value is -2.04. The van der Waals surface area contributed by atoms with Crippen LogP contribution in [-0.4, -0.2) is 23.8 Å². The highest BCUT2D eigenvalue weighted by molar-refractivity contribution is 5.48. The minimum atomic E-state index is -0.309. The molecule has 0 spiro atoms. The van der Waals surface area contributed by atoms with Crippen LogP contribution in [-0.2, 0) is 5.41 Å². The van der Waals surface area contributed by atoms with E-state index >= 15 is 0 Å². The van der Waals surface area contributed by atoms with E-state index in [9.17, 15) is 0 Å². The summed E-state index contributed by atoms with van der Waals surface area (Å²) < 4.78 is 10.6. The Labute approximate surface area is 155 Å². The van der Waals surface area contributed by atoms with E-state index < -0.39 is 0 Å². The first kappa shape index (κ1) is 18.7. The molecule has 1 aliphatic carbocycles. The molecule has 2 aromatic carbocycles. The summed E-state index contributed by atoms with van der Waals surface area (Å²) in [6, 6.07) is 12.6. The van der Waals surface area contributed by atoms with E-state index in [1.165, 1.54) is 30.4 Å². The molecular weight excluding hydrogens is 328 g/mol. The van der Waals surface area contributed by atoms with Gasteiger partial charge in [0, 0.05) is 5.41 Å². The fraction of sp³-hybridized carbons (Fsp3) is 0.455. The van der Waals surface area contributed by atoms with Gasteiger partial charge in [0.1, 0.15) is 11.5 Å². The molecule has 2 aromatic rings. The molecule has 0 unspecified atom stereocenters. The molecule has 3 rings (SSSR count). The van der Waals surface area contributed by atoms with Gasteiger partial charge in [-0.25, -0.2) is 0 Å². The lowest BCUT2D eigenvalue weighted by molar-refractivity contribution is 0.0974. The Morgan fingerprint density at radius 2 is 1.23 bits per heavy atom. The average molecular weight is 356 g/mol. The molecule has 0 aromatic heterocycles. The number of hydrogen-bond donors (Lipinski definition) is 2. The van der Waals surface area contributed by atoms with Crippen molar-refractivity contribution in [1.82, 2.24) is 0 Å². The number of ether oxygens (including phenoxy) is 2. The first-order valence-corrected chi connectivity index (χ1v) is 9.30. The molecule has 26 heavy (non-hydrogen) atoms. The maximum atomic E-state index is 9.04. The van der Waals surface area contributed by atoms with E-state index in [0.717, 1.165) is 35.5 Å². The standard InChI is InChI=1S/C22H28O4/c1-16-12-18(6-8-20(16)25-14-23)22(10-4-3-5-11-22)19-7-9-21(26-15-24)17(2)13-19/h6-9,12-13,23-24H,3-5,10-11,14-15H2,1-2H3. The van der Waals surface area contributed by atoms with Gasteiger partial charge in [0.2, 0.25) is 0 Å². The van der Waals surface area contributed by atoms with E-state index in [4.69, 9.17) is 19.7 Å². The Morgan fingerprint density at radius 1 is 0.769 bits per heavy atom. The Morgan fingerprint density at radius 3 is 1.62 bits per heavy atom. The number of aliphatic hydroxyl groups excluding tert-OH is 2. The van der Waals surface area contributed by atoms with Crippen molar-refractivity contribution < 1.29 is 19.7 Å². The summed E-state index contributed by atoms with van der Waals surface area (Å²) in [6.07, 6.45) is 5.93. The van der Waals surface area contributed by atoms with Gasteiger partial charge in [-0.3, -0.25) is 0 Å². The van der Waals surface area contributed by atoms with Crippen LogP contribution in [0, 0.1) is 13.8 Å². The van der Waals surface area contributed by atoms with E-state index in [-0.39, 0.29) is 19.0 Å². The fourth-order valence-electron chi connectivity index (χ4n) is 4.26. The van der Waals surface area contributed by atoms with Crippen molar-refractivity contribution in [3.05, 3.63) is 58.7 Å². The molecule has 0 atom stereocenters. The van der Waals surface area contributed by atoms with Gasteiger partial charge in [-0.1, -0.05) is 43.5 Å². The number of aliphatic hydroxyl groups is 2. The van der Waals surface area contributed by atoms with Gasteiger partial charge in [-0.15, -0.1) is 0 Å². The molecular formula is C22H28O4. The van der Waals surface area contributed by atoms with Crippen LogP contribution in [0.15, 0.2) is 36.4 Å². The molecule has 0 heterocycles. The summed E-state index contributed by atoms with van der Waals surface area (Å²) in [6.45, 7) is 3.43. The normalized spacial score (nSPS) is 16.3. The molecule has 0 bridgehead atoms. The minimum Gasteiger partial charge on any atom is -0.467 e. The molecule has 4 nitrogen and oxygen atoms in total. The lowest BCUT2D eigenvalue weighted by atomic mass is 9.65. The van der Waals surface area contributed by atoms with Crippen molar-refractivity contribution in [3.63, 3.8) is 0 Å². The highest BCUT2D eigenvalue weighted by Crippen LogP contribution is 2.46. The highest BCUT2D eigenvalue weighted by Gasteiger charge is 2.36. The molecule has 4 heteroatoms. The third-order valence-electron chi connectivity index (χ3n) is 5.60. The maximum absolute atomic E-state index is 9.04. The zero-order chi connectivity index (χ0) is 18.6. The molecule has 1 saturated carbocycles. The monoisotopic (exact) mass is 356 g/mol. The van der Waals surface area contributed by atoms with Crippen LogP contribution in [0.5, 0.6) is 11.5 Å². The highest BCUT2D eigenvalue weighted by atomic mass is 16.6. The van der Waals surface area contributed by atoms with Gasteiger partial charge in [0.15, 0.2) is 13.6 Å². The Balaban J connectivity index is 2.05. The van der Waals surface area contributed by atoms with Crippen LogP contribution < -0.4 is 9.47 Å². The summed E-state index contributed by atoms with van der Waals surface area (Å²) in [4.78, 5) is 0. The number of benzene rings is 2. The second-order valence-electron chi connectivity index (χ2n) is 7.15. The number of rotatable bonds is 6. The second-order valence-corrected chi connectivity index (χ2v) is 7.15. The SMILES string of the molecule is Cc1cc(C2(c3ccc(OCO)c(C)c3)CCCCC2)ccc1OCO. The van der Waals surface area contributed by atoms with Gasteiger partial charge in [-0.2, -0.15) is 0 Å². The molecule has 1 aliphatic rings. The zero-order valence-electron chi connectivity index (χ0n) is 15.6. The van der Waals surface area contributed by atoms with Crippen molar-refractivity contribution in [1.29, 1.82) is 0 Å². The predicted octanol–water partition coefficient (Wildman–Crippen LogP) is 4.21. The van der Waals surface area contributed by atoms with Gasteiger partial charge in [0.25, 0.3) is 0 Å². The summed E-state index contributed by atoms with van der Waals surface area (Å²) in [5, 5.41) is 18.1. The van der Waals surface area contributed by atoms with Crippen LogP contribution in [0.25, 0.3) is 0 Å². The van der Waals surface area contributed by atoms with E-state index in [2.05, 4.69) is 24.3 Å². The van der Waals surface area contributed by atoms with Crippen molar-refractivity contribution in [2.75, 3.05) is 13.6 Å². The first-order valence-electron chi connectivity index (χ1n) is 9.30. The van der Waals surface area contributed by atoms with Gasteiger partial charge in [0.05, 0.1) is 0 Å². The van der Waals surface area contributed by atoms with E-state index in [0.29, 0.717) is 0 Å². The zero-order valence-corrected chi connectivity index (χ0v) is 15.6. The summed E-state index contributed by atoms with van der Waals surface area (Å²) in [5.74, 6) is 1.45. The van der Waals surface area contributed by atoms with Crippen LogP contribution >= 0.6 is 0 Å². The summed E-state index contributed by atoms with van der Waals surface area (Å²) in [7, 11) is 0. The lowest BCUT2D eigenvalue weighted by Crippen LogP contribution is -2.30. The van der Waals surface area contributed by atoms with Crippen molar-refractivity contribution >= 4 is 0 Å². The van der Waals surface area contributed by atoms with Crippen LogP contribution in [0.1, 0.15) is 54.4 Å². The lowest BCUT2D eigenvalue weighted by Gasteiger charge is -2.39. The largest absolute Gasteiger partial charge is 0.467 e. The van der Waals surface area contributed by atoms with Gasteiger partial charge in [-0.05, 0) is 61.1 Å². The number of aryl methyl sites for hydroxylation is 2. The second kappa shape index (κ2) is 8.11. The van der Waals surface area contributed by atoms with Crippen LogP contribution in [0.4, 0.5) is 0 Å². The number of hydrogen-bond acceptors (Lipinski definition) is 4. The Bertz CT molecular complexity index is 690. The van der Waals surface area contributed by atoms with E-state index in [1.54, 1.807) is 0 Å². The average Bonchev–Trinajstić information content (AvgIpc) is 2.66. The molecule has 0 radical (unpaired) electrons. The minimum absolute atomic E-state index is 0.0107. The summed E-state index contributed by atoms with van der Waals surface area (Å²) in [5.41, 5.74) is 4.67. The quantitative estimate of drug-likeness (QED) is 0.761. The molecule has 0 aliphatic heterocycles.